The van der Waals surface area contributed by atoms with Crippen molar-refractivity contribution in [1.82, 2.24) is 10.3 Å². The lowest BCUT2D eigenvalue weighted by atomic mass is 10.0. The summed E-state index contributed by atoms with van der Waals surface area (Å²) in [5.74, 6) is -2.27. The Labute approximate surface area is 210 Å². The number of amides is 2. The minimum Gasteiger partial charge on any atom is -0.478 e. The smallest absolute Gasteiger partial charge is 0.350 e. The number of rotatable bonds is 9. The average molecular weight is 510 g/mol. The highest BCUT2D eigenvalue weighted by Crippen LogP contribution is 2.23. The quantitative estimate of drug-likeness (QED) is 0.170. The number of nitrogens with one attached hydrogen (secondary N) is 1. The summed E-state index contributed by atoms with van der Waals surface area (Å²) in [7, 11) is 0. The molecule has 0 aliphatic carbocycles. The van der Waals surface area contributed by atoms with Gasteiger partial charge in [0.1, 0.15) is 11.7 Å². The summed E-state index contributed by atoms with van der Waals surface area (Å²) >= 11 is 1.09. The predicted molar refractivity (Wildman–Crippen MR) is 132 cm³/mol. The summed E-state index contributed by atoms with van der Waals surface area (Å²) < 4.78 is 2.05. The molecule has 3 aromatic rings. The molecule has 2 amide bonds. The second-order valence-electron chi connectivity index (χ2n) is 8.61. The number of nitrogens with two attached hydrogens (primary N) is 1. The van der Waals surface area contributed by atoms with Crippen molar-refractivity contribution >= 4 is 45.7 Å². The number of benzene rings is 1. The third-order valence-corrected chi connectivity index (χ3v) is 6.16. The molecule has 1 saturated heterocycles. The zero-order valence-corrected chi connectivity index (χ0v) is 20.4. The van der Waals surface area contributed by atoms with Gasteiger partial charge in [0.05, 0.1) is 6.54 Å². The van der Waals surface area contributed by atoms with Crippen LogP contribution in [0.5, 0.6) is 0 Å². The maximum Gasteiger partial charge on any atom is 0.350 e. The first-order valence-electron chi connectivity index (χ1n) is 11.0. The molecule has 36 heavy (non-hydrogen) atoms. The molecule has 2 aromatic heterocycles. The molecule has 1 atom stereocenters. The summed E-state index contributed by atoms with van der Waals surface area (Å²) in [4.78, 5) is 47.7. The Morgan fingerprint density at radius 1 is 1.28 bits per heavy atom. The number of aliphatic carboxylic acids is 1. The number of carbonyl (C=O) groups excluding carboxylic acids is 2. The fourth-order valence-electron chi connectivity index (χ4n) is 3.32. The van der Waals surface area contributed by atoms with E-state index in [4.69, 9.17) is 10.6 Å². The van der Waals surface area contributed by atoms with E-state index >= 15 is 0 Å². The van der Waals surface area contributed by atoms with E-state index in [-0.39, 0.29) is 29.0 Å². The molecule has 1 aromatic carbocycles. The van der Waals surface area contributed by atoms with E-state index in [0.717, 1.165) is 22.6 Å². The third-order valence-electron chi connectivity index (χ3n) is 5.48. The molecule has 1 fully saturated rings. The molecule has 0 bridgehead atoms. The second kappa shape index (κ2) is 10.1. The predicted octanol–water partition coefficient (Wildman–Crippen LogP) is 1.18. The van der Waals surface area contributed by atoms with Gasteiger partial charge in [-0.25, -0.2) is 14.3 Å². The zero-order chi connectivity index (χ0) is 25.9. The van der Waals surface area contributed by atoms with E-state index in [1.54, 1.807) is 4.90 Å². The van der Waals surface area contributed by atoms with Crippen molar-refractivity contribution in [3.8, 4) is 0 Å². The Bertz CT molecular complexity index is 1310. The summed E-state index contributed by atoms with van der Waals surface area (Å²) in [6.45, 7) is 3.56. The lowest BCUT2D eigenvalue weighted by Crippen LogP contribution is -2.65. The van der Waals surface area contributed by atoms with Crippen molar-refractivity contribution in [2.24, 2.45) is 5.16 Å². The number of hydrogen-bond acceptors (Lipinski definition) is 8. The van der Waals surface area contributed by atoms with Crippen molar-refractivity contribution in [3.05, 3.63) is 71.5 Å². The third kappa shape index (κ3) is 5.49. The Morgan fingerprint density at radius 2 is 1.97 bits per heavy atom. The van der Waals surface area contributed by atoms with Gasteiger partial charge < -0.3 is 25.9 Å². The van der Waals surface area contributed by atoms with Gasteiger partial charge in [-0.2, -0.15) is 0 Å². The molecule has 4 N–H and O–H groups in total. The number of hydrogen-bond donors (Lipinski definition) is 3. The first kappa shape index (κ1) is 24.8. The Morgan fingerprint density at radius 3 is 2.56 bits per heavy atom. The van der Waals surface area contributed by atoms with Crippen LogP contribution < -0.4 is 20.5 Å². The molecule has 0 saturated carbocycles. The van der Waals surface area contributed by atoms with Gasteiger partial charge in [0, 0.05) is 28.8 Å². The van der Waals surface area contributed by atoms with Crippen LogP contribution in [0, 0.1) is 0 Å². The molecule has 11 nitrogen and oxygen atoms in total. The van der Waals surface area contributed by atoms with Crippen LogP contribution in [0.25, 0.3) is 0 Å². The van der Waals surface area contributed by atoms with Gasteiger partial charge in [0.25, 0.3) is 11.8 Å². The van der Waals surface area contributed by atoms with E-state index in [9.17, 15) is 19.5 Å². The Hall–Kier alpha value is -4.32. The monoisotopic (exact) mass is 509 g/mol. The van der Waals surface area contributed by atoms with Crippen LogP contribution in [0.2, 0.25) is 0 Å². The lowest BCUT2D eigenvalue weighted by molar-refractivity contribution is -0.688. The lowest BCUT2D eigenvalue weighted by Gasteiger charge is -2.38. The van der Waals surface area contributed by atoms with Gasteiger partial charge in [-0.3, -0.25) is 9.59 Å². The number of nitrogen functional groups attached to an aromatic ring is 1. The van der Waals surface area contributed by atoms with Gasteiger partial charge in [-0.1, -0.05) is 23.4 Å². The minimum atomic E-state index is -1.68. The van der Waals surface area contributed by atoms with E-state index in [1.807, 2.05) is 59.4 Å². The van der Waals surface area contributed by atoms with Gasteiger partial charge in [0.2, 0.25) is 5.60 Å². The number of pyridine rings is 1. The van der Waals surface area contributed by atoms with Crippen LogP contribution in [0.1, 0.15) is 25.1 Å². The van der Waals surface area contributed by atoms with Crippen LogP contribution in [-0.2, 0) is 25.8 Å². The van der Waals surface area contributed by atoms with E-state index in [2.05, 4.69) is 15.5 Å². The number of nitrogens with zero attached hydrogens (tertiary/aromatic N) is 4. The summed E-state index contributed by atoms with van der Waals surface area (Å²) in [6.07, 6.45) is 3.96. The molecule has 4 rings (SSSR count). The number of anilines is 2. The SMILES string of the molecule is CC(C)(O/N=C(\C(=O)N[C@H]1CN(c2ccc(C[n+]3ccccc3)cc2)C1=O)c1csc(N)n1)C(=O)O. The summed E-state index contributed by atoms with van der Waals surface area (Å²) in [6, 6.07) is 12.7. The first-order valence-corrected chi connectivity index (χ1v) is 11.9. The zero-order valence-electron chi connectivity index (χ0n) is 19.6. The molecule has 12 heteroatoms. The summed E-state index contributed by atoms with van der Waals surface area (Å²) in [5, 5.41) is 17.3. The largest absolute Gasteiger partial charge is 0.478 e. The molecule has 0 radical (unpaired) electrons. The molecule has 1 aliphatic rings. The van der Waals surface area contributed by atoms with Crippen LogP contribution in [0.3, 0.4) is 0 Å². The first-order chi connectivity index (χ1) is 17.1. The number of carboxylic acids is 1. The number of thiazole rings is 1. The molecule has 186 valence electrons. The average Bonchev–Trinajstić information content (AvgIpc) is 3.28. The van der Waals surface area contributed by atoms with Crippen molar-refractivity contribution < 1.29 is 28.9 Å². The van der Waals surface area contributed by atoms with Gasteiger partial charge in [-0.05, 0) is 26.0 Å². The van der Waals surface area contributed by atoms with Crippen LogP contribution >= 0.6 is 11.3 Å². The number of oxime groups is 1. The van der Waals surface area contributed by atoms with Gasteiger partial charge >= 0.3 is 5.97 Å². The normalized spacial score (nSPS) is 15.8. The molecule has 0 spiro atoms. The van der Waals surface area contributed by atoms with Crippen molar-refractivity contribution in [2.45, 2.75) is 32.0 Å². The molecular formula is C24H25N6O5S+. The highest BCUT2D eigenvalue weighted by molar-refractivity contribution is 7.13. The number of β-lactam (4-membered cyclic amide) rings is 1. The van der Waals surface area contributed by atoms with Gasteiger partial charge in [-0.15, -0.1) is 11.3 Å². The Balaban J connectivity index is 1.41. The van der Waals surface area contributed by atoms with E-state index in [1.165, 1.54) is 19.2 Å². The van der Waals surface area contributed by atoms with Gasteiger partial charge in [0.15, 0.2) is 29.8 Å². The van der Waals surface area contributed by atoms with E-state index in [0.29, 0.717) is 6.54 Å². The van der Waals surface area contributed by atoms with Crippen molar-refractivity contribution in [3.63, 3.8) is 0 Å². The highest BCUT2D eigenvalue weighted by atomic mass is 32.1. The fourth-order valence-corrected chi connectivity index (χ4v) is 3.87. The maximum atomic E-state index is 12.9. The fraction of sp³-hybridized carbons (Fsp3) is 0.250. The minimum absolute atomic E-state index is 0.117. The second-order valence-corrected chi connectivity index (χ2v) is 9.50. The number of carboxylic acid groups (broad SMARTS) is 1. The topological polar surface area (TPSA) is 151 Å². The summed E-state index contributed by atoms with van der Waals surface area (Å²) in [5.41, 5.74) is 5.64. The molecular weight excluding hydrogens is 484 g/mol. The standard InChI is InChI=1S/C24H24N6O5S/c1-24(2,22(33)34)35-28-19(18-14-36-23(25)27-18)20(31)26-17-13-30(21(17)32)16-8-6-15(7-9-16)12-29-10-4-3-5-11-29/h3-11,14,17H,12-13H2,1-2H3,(H3-,25,26,27,31,33,34)/p+1/b28-19-/t17-/m0/s1. The highest BCUT2D eigenvalue weighted by Gasteiger charge is 2.40. The Kier molecular flexibility index (Phi) is 6.97. The van der Waals surface area contributed by atoms with Crippen LogP contribution in [0.4, 0.5) is 10.8 Å². The molecule has 0 unspecified atom stereocenters. The molecule has 1 aliphatic heterocycles. The van der Waals surface area contributed by atoms with E-state index < -0.39 is 23.5 Å². The van der Waals surface area contributed by atoms with Crippen molar-refractivity contribution in [2.75, 3.05) is 17.2 Å². The molecule has 3 heterocycles. The van der Waals surface area contributed by atoms with Crippen LogP contribution in [-0.4, -0.2) is 51.8 Å². The van der Waals surface area contributed by atoms with Crippen molar-refractivity contribution in [1.29, 1.82) is 0 Å². The number of aromatic nitrogens is 2. The maximum absolute atomic E-state index is 12.9. The van der Waals surface area contributed by atoms with Crippen LogP contribution in [0.15, 0.2) is 65.4 Å². The number of carbonyl (C=O) groups is 3.